The molecule has 1 amide bonds. The topological polar surface area (TPSA) is 59.2 Å². The number of pyridine rings is 1. The Hall–Kier alpha value is -2.17. The van der Waals surface area contributed by atoms with E-state index >= 15 is 0 Å². The highest BCUT2D eigenvalue weighted by Crippen LogP contribution is 2.48. The highest BCUT2D eigenvalue weighted by atomic mass is 16.5. The maximum absolute atomic E-state index is 12.8. The number of aromatic nitrogens is 2. The summed E-state index contributed by atoms with van der Waals surface area (Å²) in [5, 5.41) is 4.11. The first-order chi connectivity index (χ1) is 11.7. The molecule has 24 heavy (non-hydrogen) atoms. The zero-order chi connectivity index (χ0) is 16.5. The Labute approximate surface area is 142 Å². The Kier molecular flexibility index (Phi) is 4.08. The van der Waals surface area contributed by atoms with Gasteiger partial charge in [-0.25, -0.2) is 0 Å². The van der Waals surface area contributed by atoms with Crippen LogP contribution < -0.4 is 0 Å². The van der Waals surface area contributed by atoms with Crippen LogP contribution in [0.1, 0.15) is 37.9 Å². The van der Waals surface area contributed by atoms with Crippen molar-refractivity contribution in [2.75, 3.05) is 7.05 Å². The molecule has 2 aliphatic carbocycles. The van der Waals surface area contributed by atoms with Crippen LogP contribution in [-0.4, -0.2) is 28.0 Å². The fourth-order valence-electron chi connectivity index (χ4n) is 4.51. The van der Waals surface area contributed by atoms with Crippen LogP contribution in [0.4, 0.5) is 0 Å². The van der Waals surface area contributed by atoms with Gasteiger partial charge in [0.2, 0.25) is 5.91 Å². The molecule has 3 atom stereocenters. The van der Waals surface area contributed by atoms with E-state index in [-0.39, 0.29) is 11.8 Å². The molecule has 5 nitrogen and oxygen atoms in total. The molecule has 0 unspecified atom stereocenters. The molecular weight excluding hydrogens is 302 g/mol. The van der Waals surface area contributed by atoms with Crippen molar-refractivity contribution in [2.45, 2.75) is 38.6 Å². The lowest BCUT2D eigenvalue weighted by atomic mass is 9.91. The van der Waals surface area contributed by atoms with Gasteiger partial charge in [-0.15, -0.1) is 0 Å². The molecule has 5 heteroatoms. The molecule has 126 valence electrons. The molecule has 2 fully saturated rings. The van der Waals surface area contributed by atoms with E-state index in [1.807, 2.05) is 30.1 Å². The molecule has 4 rings (SSSR count). The lowest BCUT2D eigenvalue weighted by Gasteiger charge is -2.23. The van der Waals surface area contributed by atoms with Crippen LogP contribution in [0.5, 0.6) is 0 Å². The molecule has 2 aromatic rings. The fourth-order valence-corrected chi connectivity index (χ4v) is 4.51. The van der Waals surface area contributed by atoms with Crippen molar-refractivity contribution in [3.05, 3.63) is 36.4 Å². The second-order valence-electron chi connectivity index (χ2n) is 7.15. The maximum atomic E-state index is 12.8. The number of carbonyl (C=O) groups is 1. The third-order valence-corrected chi connectivity index (χ3v) is 5.70. The van der Waals surface area contributed by atoms with Crippen molar-refractivity contribution in [3.63, 3.8) is 0 Å². The standard InChI is InChI=1S/C19H23N3O2/c1-22(19(23)17-6-5-13-3-2-4-16(13)17)12-15-11-18(21-24-15)14-7-9-20-10-8-14/h7-11,13,16-17H,2-6,12H2,1H3/t13-,16-,17-/m0/s1. The fraction of sp³-hybridized carbons (Fsp3) is 0.526. The molecular formula is C19H23N3O2. The van der Waals surface area contributed by atoms with Crippen molar-refractivity contribution in [2.24, 2.45) is 17.8 Å². The van der Waals surface area contributed by atoms with Gasteiger partial charge < -0.3 is 9.42 Å². The van der Waals surface area contributed by atoms with E-state index in [4.69, 9.17) is 4.52 Å². The first-order valence-electron chi connectivity index (χ1n) is 8.83. The maximum Gasteiger partial charge on any atom is 0.226 e. The van der Waals surface area contributed by atoms with Crippen LogP contribution in [0.3, 0.4) is 0 Å². The van der Waals surface area contributed by atoms with Crippen molar-refractivity contribution < 1.29 is 9.32 Å². The summed E-state index contributed by atoms with van der Waals surface area (Å²) in [6.45, 7) is 0.477. The van der Waals surface area contributed by atoms with Crippen molar-refractivity contribution >= 4 is 5.91 Å². The number of amides is 1. The second-order valence-corrected chi connectivity index (χ2v) is 7.15. The smallest absolute Gasteiger partial charge is 0.226 e. The van der Waals surface area contributed by atoms with Crippen molar-refractivity contribution in [3.8, 4) is 11.3 Å². The van der Waals surface area contributed by atoms with Crippen LogP contribution in [0.2, 0.25) is 0 Å². The molecule has 0 saturated heterocycles. The second kappa shape index (κ2) is 6.38. The summed E-state index contributed by atoms with van der Waals surface area (Å²) in [6, 6.07) is 5.71. The van der Waals surface area contributed by atoms with Gasteiger partial charge in [-0.2, -0.15) is 0 Å². The van der Waals surface area contributed by atoms with Gasteiger partial charge >= 0.3 is 0 Å². The molecule has 2 aliphatic rings. The Bertz CT molecular complexity index is 712. The molecule has 0 radical (unpaired) electrons. The normalized spacial score (nSPS) is 25.6. The molecule has 0 bridgehead atoms. The van der Waals surface area contributed by atoms with E-state index < -0.39 is 0 Å². The van der Waals surface area contributed by atoms with Gasteiger partial charge in [-0.3, -0.25) is 9.78 Å². The SMILES string of the molecule is CN(Cc1cc(-c2ccncc2)no1)C(=O)[C@H]1CC[C@@H]2CCC[C@@H]21. The van der Waals surface area contributed by atoms with E-state index in [0.29, 0.717) is 12.5 Å². The lowest BCUT2D eigenvalue weighted by Crippen LogP contribution is -2.34. The third kappa shape index (κ3) is 2.83. The summed E-state index contributed by atoms with van der Waals surface area (Å²) in [4.78, 5) is 18.6. The van der Waals surface area contributed by atoms with Crippen LogP contribution in [0, 0.1) is 17.8 Å². The average Bonchev–Trinajstić information content (AvgIpc) is 3.31. The number of hydrogen-bond donors (Lipinski definition) is 0. The minimum atomic E-state index is 0.213. The van der Waals surface area contributed by atoms with Gasteiger partial charge in [0.15, 0.2) is 5.76 Å². The summed E-state index contributed by atoms with van der Waals surface area (Å²) < 4.78 is 5.42. The first-order valence-corrected chi connectivity index (χ1v) is 8.83. The third-order valence-electron chi connectivity index (χ3n) is 5.70. The largest absolute Gasteiger partial charge is 0.359 e. The summed E-state index contributed by atoms with van der Waals surface area (Å²) in [5.41, 5.74) is 1.75. The van der Waals surface area contributed by atoms with E-state index in [2.05, 4.69) is 10.1 Å². The predicted molar refractivity (Wildman–Crippen MR) is 89.8 cm³/mol. The summed E-state index contributed by atoms with van der Waals surface area (Å²) >= 11 is 0. The van der Waals surface area contributed by atoms with E-state index in [0.717, 1.165) is 29.4 Å². The van der Waals surface area contributed by atoms with Crippen LogP contribution in [-0.2, 0) is 11.3 Å². The monoisotopic (exact) mass is 325 g/mol. The van der Waals surface area contributed by atoms with Gasteiger partial charge in [0.05, 0.1) is 6.54 Å². The minimum absolute atomic E-state index is 0.213. The number of hydrogen-bond acceptors (Lipinski definition) is 4. The lowest BCUT2D eigenvalue weighted by molar-refractivity contribution is -0.136. The molecule has 2 saturated carbocycles. The van der Waals surface area contributed by atoms with Crippen LogP contribution in [0.15, 0.2) is 35.1 Å². The zero-order valence-corrected chi connectivity index (χ0v) is 14.0. The van der Waals surface area contributed by atoms with Crippen molar-refractivity contribution in [1.29, 1.82) is 0 Å². The van der Waals surface area contributed by atoms with Gasteiger partial charge in [0, 0.05) is 37.0 Å². The molecule has 0 N–H and O–H groups in total. The van der Waals surface area contributed by atoms with Gasteiger partial charge in [0.1, 0.15) is 5.69 Å². The van der Waals surface area contributed by atoms with Crippen LogP contribution >= 0.6 is 0 Å². The molecule has 2 aromatic heterocycles. The summed E-state index contributed by atoms with van der Waals surface area (Å²) in [6.07, 6.45) is 9.58. The molecule has 0 aliphatic heterocycles. The highest BCUT2D eigenvalue weighted by molar-refractivity contribution is 5.79. The zero-order valence-electron chi connectivity index (χ0n) is 14.0. The predicted octanol–water partition coefficient (Wildman–Crippen LogP) is 3.52. The number of nitrogens with zero attached hydrogens (tertiary/aromatic N) is 3. The molecule has 0 aromatic carbocycles. The Morgan fingerprint density at radius 1 is 1.25 bits per heavy atom. The Balaban J connectivity index is 1.42. The van der Waals surface area contributed by atoms with E-state index in [9.17, 15) is 4.79 Å². The van der Waals surface area contributed by atoms with Crippen molar-refractivity contribution in [1.82, 2.24) is 15.0 Å². The quantitative estimate of drug-likeness (QED) is 0.863. The van der Waals surface area contributed by atoms with E-state index in [1.165, 1.54) is 25.7 Å². The van der Waals surface area contributed by atoms with Gasteiger partial charge in [-0.05, 0) is 43.2 Å². The number of rotatable bonds is 4. The number of fused-ring (bicyclic) bond motifs is 1. The number of carbonyl (C=O) groups excluding carboxylic acids is 1. The van der Waals surface area contributed by atoms with Gasteiger partial charge in [0.25, 0.3) is 0 Å². The highest BCUT2D eigenvalue weighted by Gasteiger charge is 2.43. The minimum Gasteiger partial charge on any atom is -0.359 e. The Morgan fingerprint density at radius 2 is 2.08 bits per heavy atom. The van der Waals surface area contributed by atoms with Crippen LogP contribution in [0.25, 0.3) is 11.3 Å². The summed E-state index contributed by atoms with van der Waals surface area (Å²) in [5.74, 6) is 2.60. The molecule has 0 spiro atoms. The first kappa shape index (κ1) is 15.4. The Morgan fingerprint density at radius 3 is 2.92 bits per heavy atom. The molecule has 2 heterocycles. The summed E-state index contributed by atoms with van der Waals surface area (Å²) in [7, 11) is 1.87. The van der Waals surface area contributed by atoms with Gasteiger partial charge in [-0.1, -0.05) is 18.0 Å². The van der Waals surface area contributed by atoms with E-state index in [1.54, 1.807) is 12.4 Å². The average molecular weight is 325 g/mol.